The molecule has 252 valence electrons. The van der Waals surface area contributed by atoms with E-state index < -0.39 is 0 Å². The van der Waals surface area contributed by atoms with Crippen LogP contribution in [-0.2, 0) is 21.1 Å². The molecule has 0 fully saturated rings. The zero-order valence-corrected chi connectivity index (χ0v) is 31.0. The summed E-state index contributed by atoms with van der Waals surface area (Å²) in [7, 11) is 0. The number of nitrogens with zero attached hydrogens (tertiary/aromatic N) is 5. The van der Waals surface area contributed by atoms with Crippen LogP contribution in [0.3, 0.4) is 0 Å². The summed E-state index contributed by atoms with van der Waals surface area (Å²) in [5, 5.41) is 9.09. The minimum absolute atomic E-state index is 0. The van der Waals surface area contributed by atoms with E-state index in [0.29, 0.717) is 23.3 Å². The van der Waals surface area contributed by atoms with Gasteiger partial charge in [-0.25, -0.2) is 4.98 Å². The van der Waals surface area contributed by atoms with Crippen LogP contribution in [0.2, 0.25) is 0 Å². The first-order valence-corrected chi connectivity index (χ1v) is 17.1. The summed E-state index contributed by atoms with van der Waals surface area (Å²) in [6.07, 6.45) is 5.56. The maximum atomic E-state index is 6.37. The maximum absolute atomic E-state index is 6.37. The van der Waals surface area contributed by atoms with Crippen LogP contribution in [-0.4, -0.2) is 23.9 Å². The van der Waals surface area contributed by atoms with Crippen molar-refractivity contribution in [1.82, 2.24) is 23.9 Å². The SMILES string of the molecule is CC(C)c1cccc2c3cccc(C(C)C)c3n(-c3ccnc(-n4c5[c-]c(Oc6[c-]c(-n7cccn7)ccc6)ccc5c5ccccc54)c3)c12.[Pt+2]. The number of para-hydroxylation sites is 3. The van der Waals surface area contributed by atoms with Gasteiger partial charge in [-0.2, -0.15) is 17.2 Å². The molecule has 0 aliphatic rings. The first kappa shape index (κ1) is 32.7. The Balaban J connectivity index is 0.00000374. The van der Waals surface area contributed by atoms with Crippen LogP contribution in [0.25, 0.3) is 60.8 Å². The van der Waals surface area contributed by atoms with E-state index in [1.54, 1.807) is 10.9 Å². The van der Waals surface area contributed by atoms with Crippen molar-refractivity contribution in [2.45, 2.75) is 39.5 Å². The van der Waals surface area contributed by atoms with E-state index in [9.17, 15) is 0 Å². The number of pyridine rings is 1. The maximum Gasteiger partial charge on any atom is 2.00 e. The number of rotatable bonds is 7. The predicted molar refractivity (Wildman–Crippen MR) is 202 cm³/mol. The number of benzene rings is 5. The number of fused-ring (bicyclic) bond motifs is 6. The fourth-order valence-electron chi connectivity index (χ4n) is 7.36. The molecule has 6 nitrogen and oxygen atoms in total. The zero-order valence-electron chi connectivity index (χ0n) is 28.7. The molecule has 51 heavy (non-hydrogen) atoms. The summed E-state index contributed by atoms with van der Waals surface area (Å²) in [5.41, 5.74) is 8.97. The van der Waals surface area contributed by atoms with Gasteiger partial charge in [0.05, 0.1) is 16.7 Å². The summed E-state index contributed by atoms with van der Waals surface area (Å²) in [6, 6.07) is 44.9. The number of hydrogen-bond donors (Lipinski definition) is 0. The van der Waals surface area contributed by atoms with Crippen molar-refractivity contribution in [2.75, 3.05) is 0 Å². The number of aromatic nitrogens is 5. The van der Waals surface area contributed by atoms with Gasteiger partial charge in [-0.1, -0.05) is 87.8 Å². The molecular formula is C44H35N5OPt. The van der Waals surface area contributed by atoms with Gasteiger partial charge >= 0.3 is 21.1 Å². The normalized spacial score (nSPS) is 11.7. The van der Waals surface area contributed by atoms with Crippen molar-refractivity contribution in [3.05, 3.63) is 151 Å². The quantitative estimate of drug-likeness (QED) is 0.150. The van der Waals surface area contributed by atoms with Crippen LogP contribution in [0, 0.1) is 12.1 Å². The molecule has 4 heterocycles. The van der Waals surface area contributed by atoms with Crippen LogP contribution in [0.5, 0.6) is 11.5 Å². The van der Waals surface area contributed by atoms with Gasteiger partial charge in [-0.05, 0) is 52.2 Å². The van der Waals surface area contributed by atoms with E-state index in [2.05, 4.69) is 133 Å². The van der Waals surface area contributed by atoms with Gasteiger partial charge in [-0.15, -0.1) is 35.7 Å². The van der Waals surface area contributed by atoms with E-state index in [1.807, 2.05) is 42.7 Å². The van der Waals surface area contributed by atoms with E-state index >= 15 is 0 Å². The molecule has 7 heteroatoms. The molecule has 0 saturated heterocycles. The predicted octanol–water partition coefficient (Wildman–Crippen LogP) is 11.1. The summed E-state index contributed by atoms with van der Waals surface area (Å²) >= 11 is 0. The van der Waals surface area contributed by atoms with Crippen LogP contribution >= 0.6 is 0 Å². The van der Waals surface area contributed by atoms with Crippen molar-refractivity contribution in [3.8, 4) is 28.7 Å². The second-order valence-corrected chi connectivity index (χ2v) is 13.4. The van der Waals surface area contributed by atoms with Crippen LogP contribution in [0.4, 0.5) is 0 Å². The Bertz CT molecular complexity index is 2640. The van der Waals surface area contributed by atoms with E-state index in [-0.39, 0.29) is 21.1 Å². The van der Waals surface area contributed by atoms with Gasteiger partial charge in [0.25, 0.3) is 0 Å². The minimum atomic E-state index is 0. The van der Waals surface area contributed by atoms with Gasteiger partial charge < -0.3 is 13.9 Å². The molecule has 4 aromatic heterocycles. The molecule has 0 amide bonds. The first-order valence-electron chi connectivity index (χ1n) is 17.1. The third kappa shape index (κ3) is 5.46. The molecule has 0 N–H and O–H groups in total. The van der Waals surface area contributed by atoms with Crippen LogP contribution in [0.15, 0.2) is 128 Å². The zero-order chi connectivity index (χ0) is 33.9. The average molecular weight is 845 g/mol. The summed E-state index contributed by atoms with van der Waals surface area (Å²) in [5.74, 6) is 2.71. The van der Waals surface area contributed by atoms with Gasteiger partial charge in [0, 0.05) is 52.4 Å². The summed E-state index contributed by atoms with van der Waals surface area (Å²) < 4.78 is 12.8. The summed E-state index contributed by atoms with van der Waals surface area (Å²) in [4.78, 5) is 4.99. The Morgan fingerprint density at radius 1 is 0.608 bits per heavy atom. The minimum Gasteiger partial charge on any atom is -0.509 e. The Kier molecular flexibility index (Phi) is 8.36. The molecule has 0 atom stereocenters. The van der Waals surface area contributed by atoms with Crippen LogP contribution in [0.1, 0.15) is 50.7 Å². The number of ether oxygens (including phenoxy) is 1. The van der Waals surface area contributed by atoms with Crippen molar-refractivity contribution >= 4 is 43.6 Å². The molecule has 5 aromatic carbocycles. The molecule has 0 aliphatic heterocycles. The third-order valence-electron chi connectivity index (χ3n) is 9.61. The van der Waals surface area contributed by atoms with E-state index in [4.69, 9.17) is 9.72 Å². The smallest absolute Gasteiger partial charge is 0.509 e. The second-order valence-electron chi connectivity index (χ2n) is 13.4. The number of hydrogen-bond acceptors (Lipinski definition) is 3. The second kappa shape index (κ2) is 13.0. The fraction of sp³-hybridized carbons (Fsp3) is 0.136. The molecule has 0 unspecified atom stereocenters. The van der Waals surface area contributed by atoms with E-state index in [1.165, 1.54) is 32.9 Å². The Morgan fingerprint density at radius 2 is 1.29 bits per heavy atom. The first-order chi connectivity index (χ1) is 24.5. The molecule has 0 spiro atoms. The van der Waals surface area contributed by atoms with Crippen LogP contribution < -0.4 is 4.74 Å². The average Bonchev–Trinajstić information content (AvgIpc) is 3.87. The molecular weight excluding hydrogens is 810 g/mol. The molecule has 9 rings (SSSR count). The standard InChI is InChI=1S/C44H35N5O.Pt/c1-28(2)34-14-8-16-38-39-17-9-15-35(29(3)4)44(39)48(43(34)38)31-21-23-45-42(26-31)49-40-18-6-5-13-36(40)37-20-19-33(27-41(37)49)50-32-12-7-11-30(25-32)47-24-10-22-46-47;/h5-24,26,28-29H,1-4H3;/q-2;+2. The molecule has 0 aliphatic carbocycles. The Hall–Kier alpha value is -5.45. The van der Waals surface area contributed by atoms with Crippen molar-refractivity contribution in [1.29, 1.82) is 0 Å². The summed E-state index contributed by atoms with van der Waals surface area (Å²) in [6.45, 7) is 9.10. The Labute approximate surface area is 311 Å². The van der Waals surface area contributed by atoms with Crippen molar-refractivity contribution in [3.63, 3.8) is 0 Å². The van der Waals surface area contributed by atoms with Gasteiger partial charge in [0.2, 0.25) is 0 Å². The largest absolute Gasteiger partial charge is 2.00 e. The molecule has 0 saturated carbocycles. The van der Waals surface area contributed by atoms with Gasteiger partial charge in [-0.3, -0.25) is 4.68 Å². The molecule has 9 aromatic rings. The molecule has 0 bridgehead atoms. The molecule has 0 radical (unpaired) electrons. The third-order valence-corrected chi connectivity index (χ3v) is 9.61. The van der Waals surface area contributed by atoms with Gasteiger partial charge in [0.15, 0.2) is 0 Å². The topological polar surface area (TPSA) is 49.8 Å². The monoisotopic (exact) mass is 844 g/mol. The van der Waals surface area contributed by atoms with E-state index in [0.717, 1.165) is 39.0 Å². The van der Waals surface area contributed by atoms with Crippen molar-refractivity contribution in [2.24, 2.45) is 0 Å². The Morgan fingerprint density at radius 3 is 2.00 bits per heavy atom. The van der Waals surface area contributed by atoms with Gasteiger partial charge in [0.1, 0.15) is 5.82 Å². The van der Waals surface area contributed by atoms with Crippen molar-refractivity contribution < 1.29 is 25.8 Å². The fourth-order valence-corrected chi connectivity index (χ4v) is 7.36.